The first-order chi connectivity index (χ1) is 25.8. The molecule has 52 heavy (non-hydrogen) atoms. The Kier molecular flexibility index (Phi) is 8.33. The molecule has 10 rings (SSSR count). The van der Waals surface area contributed by atoms with Gasteiger partial charge in [-0.05, 0) is 104 Å². The summed E-state index contributed by atoms with van der Waals surface area (Å²) in [7, 11) is 0. The van der Waals surface area contributed by atoms with Crippen LogP contribution < -0.4 is 0 Å². The van der Waals surface area contributed by atoms with Crippen LogP contribution in [0.15, 0.2) is 195 Å². The molecule has 0 saturated heterocycles. The maximum atomic E-state index is 3.00. The lowest BCUT2D eigenvalue weighted by Gasteiger charge is -2.15. The summed E-state index contributed by atoms with van der Waals surface area (Å²) in [6, 6.07) is 67.0. The van der Waals surface area contributed by atoms with Crippen LogP contribution in [0.5, 0.6) is 0 Å². The summed E-state index contributed by atoms with van der Waals surface area (Å²) in [6.07, 6.45) is 0. The van der Waals surface area contributed by atoms with Crippen LogP contribution >= 0.6 is 22.7 Å². The fraction of sp³-hybridized carbons (Fsp3) is 0. The third kappa shape index (κ3) is 5.63. The quantitative estimate of drug-likeness (QED) is 0.157. The monoisotopic (exact) mass is 698 g/mol. The van der Waals surface area contributed by atoms with E-state index in [0.29, 0.717) is 0 Å². The second-order valence-corrected chi connectivity index (χ2v) is 15.0. The van der Waals surface area contributed by atoms with E-state index in [9.17, 15) is 0 Å². The van der Waals surface area contributed by atoms with E-state index in [-0.39, 0.29) is 0 Å². The van der Waals surface area contributed by atoms with E-state index in [1.807, 2.05) is 22.7 Å². The van der Waals surface area contributed by atoms with Crippen LogP contribution in [-0.4, -0.2) is 0 Å². The lowest BCUT2D eigenvalue weighted by atomic mass is 9.89. The van der Waals surface area contributed by atoms with Gasteiger partial charge in [-0.3, -0.25) is 0 Å². The summed E-state index contributed by atoms with van der Waals surface area (Å²) >= 11 is 3.79. The predicted molar refractivity (Wildman–Crippen MR) is 231 cm³/mol. The van der Waals surface area contributed by atoms with Crippen molar-refractivity contribution in [2.24, 2.45) is 0 Å². The third-order valence-electron chi connectivity index (χ3n) is 9.84. The molecule has 0 nitrogen and oxygen atoms in total. The summed E-state index contributed by atoms with van der Waals surface area (Å²) in [5.41, 5.74) is 12.3. The van der Waals surface area contributed by atoms with Crippen molar-refractivity contribution >= 4 is 63.0 Å². The standard InChI is InChI=1S/C48H30S2.C2H4/c1-3-13-31(14-4-1)33-25-34(32-15-5-2-6-16-32)27-35(26-33)36-28-37(39-19-11-21-43-41-17-7-9-23-45(41)49-47(39)43)30-38(29-36)40-20-12-22-44-42-18-8-10-24-46(42)50-48(40)44;1-2/h1-30H;1-2H2. The van der Waals surface area contributed by atoms with E-state index in [2.05, 4.69) is 195 Å². The minimum absolute atomic E-state index is 1.21. The van der Waals surface area contributed by atoms with Gasteiger partial charge in [0.15, 0.2) is 0 Å². The molecule has 0 amide bonds. The van der Waals surface area contributed by atoms with Crippen molar-refractivity contribution in [1.29, 1.82) is 0 Å². The first-order valence-electron chi connectivity index (χ1n) is 17.5. The van der Waals surface area contributed by atoms with E-state index >= 15 is 0 Å². The van der Waals surface area contributed by atoms with Gasteiger partial charge in [0.25, 0.3) is 0 Å². The van der Waals surface area contributed by atoms with Gasteiger partial charge in [0.05, 0.1) is 0 Å². The molecule has 2 heteroatoms. The number of hydrogen-bond acceptors (Lipinski definition) is 2. The maximum absolute atomic E-state index is 3.00. The highest BCUT2D eigenvalue weighted by molar-refractivity contribution is 7.26. The van der Waals surface area contributed by atoms with Crippen LogP contribution in [0.2, 0.25) is 0 Å². The van der Waals surface area contributed by atoms with Crippen molar-refractivity contribution < 1.29 is 0 Å². The largest absolute Gasteiger partial charge is 0.135 e. The van der Waals surface area contributed by atoms with Crippen molar-refractivity contribution in [3.63, 3.8) is 0 Å². The average Bonchev–Trinajstić information content (AvgIpc) is 3.81. The minimum atomic E-state index is 1.21. The van der Waals surface area contributed by atoms with Crippen LogP contribution in [0, 0.1) is 0 Å². The molecule has 0 aliphatic heterocycles. The van der Waals surface area contributed by atoms with Gasteiger partial charge >= 0.3 is 0 Å². The molecule has 0 aliphatic carbocycles. The van der Waals surface area contributed by atoms with E-state index in [4.69, 9.17) is 0 Å². The van der Waals surface area contributed by atoms with Crippen molar-refractivity contribution in [2.45, 2.75) is 0 Å². The second-order valence-electron chi connectivity index (χ2n) is 12.9. The van der Waals surface area contributed by atoms with Crippen LogP contribution in [0.4, 0.5) is 0 Å². The molecule has 0 bridgehead atoms. The van der Waals surface area contributed by atoms with Gasteiger partial charge in [-0.2, -0.15) is 0 Å². The van der Waals surface area contributed by atoms with Gasteiger partial charge in [-0.1, -0.05) is 133 Å². The van der Waals surface area contributed by atoms with Gasteiger partial charge < -0.3 is 0 Å². The van der Waals surface area contributed by atoms with Crippen molar-refractivity contribution in [3.8, 4) is 55.6 Å². The highest BCUT2D eigenvalue weighted by Crippen LogP contribution is 2.45. The first-order valence-corrected chi connectivity index (χ1v) is 19.1. The first kappa shape index (κ1) is 31.9. The average molecular weight is 699 g/mol. The molecule has 0 atom stereocenters. The molecule has 0 aliphatic rings. The molecule has 0 unspecified atom stereocenters. The molecule has 0 saturated carbocycles. The Morgan fingerprint density at radius 2 is 0.596 bits per heavy atom. The maximum Gasteiger partial charge on any atom is 0.0433 e. The molecular weight excluding hydrogens is 665 g/mol. The normalized spacial score (nSPS) is 11.2. The fourth-order valence-corrected chi connectivity index (χ4v) is 9.92. The molecule has 246 valence electrons. The summed E-state index contributed by atoms with van der Waals surface area (Å²) < 4.78 is 5.31. The van der Waals surface area contributed by atoms with Gasteiger partial charge in [-0.25, -0.2) is 0 Å². The van der Waals surface area contributed by atoms with Crippen molar-refractivity contribution in [2.75, 3.05) is 0 Å². The van der Waals surface area contributed by atoms with Crippen LogP contribution in [0.25, 0.3) is 96.0 Å². The van der Waals surface area contributed by atoms with Gasteiger partial charge in [0.1, 0.15) is 0 Å². The smallest absolute Gasteiger partial charge is 0.0433 e. The zero-order chi connectivity index (χ0) is 35.0. The van der Waals surface area contributed by atoms with Crippen molar-refractivity contribution in [1.82, 2.24) is 0 Å². The lowest BCUT2D eigenvalue weighted by molar-refractivity contribution is 1.56. The molecule has 10 aromatic rings. The molecular formula is C50H34S2. The number of rotatable bonds is 5. The van der Waals surface area contributed by atoms with E-state index in [0.717, 1.165) is 0 Å². The molecule has 2 heterocycles. The van der Waals surface area contributed by atoms with Crippen LogP contribution in [0.3, 0.4) is 0 Å². The lowest BCUT2D eigenvalue weighted by Crippen LogP contribution is -1.89. The van der Waals surface area contributed by atoms with Crippen LogP contribution in [-0.2, 0) is 0 Å². The fourth-order valence-electron chi connectivity index (χ4n) is 7.44. The molecule has 0 fully saturated rings. The Morgan fingerprint density at radius 3 is 1.04 bits per heavy atom. The van der Waals surface area contributed by atoms with E-state index < -0.39 is 0 Å². The summed E-state index contributed by atoms with van der Waals surface area (Å²) in [5, 5.41) is 5.28. The Balaban J connectivity index is 0.00000177. The van der Waals surface area contributed by atoms with Crippen molar-refractivity contribution in [3.05, 3.63) is 195 Å². The van der Waals surface area contributed by atoms with Crippen LogP contribution in [0.1, 0.15) is 0 Å². The van der Waals surface area contributed by atoms with E-state index in [1.165, 1.54) is 96.0 Å². The Morgan fingerprint density at radius 1 is 0.269 bits per heavy atom. The zero-order valence-electron chi connectivity index (χ0n) is 28.6. The summed E-state index contributed by atoms with van der Waals surface area (Å²) in [6.45, 7) is 6.00. The minimum Gasteiger partial charge on any atom is -0.135 e. The molecule has 0 N–H and O–H groups in total. The SMILES string of the molecule is C=C.c1ccc(-c2cc(-c3ccccc3)cc(-c3cc(-c4cccc5c4sc4ccccc45)cc(-c4cccc5c4sc4ccccc45)c3)c2)cc1. The van der Waals surface area contributed by atoms with Gasteiger partial charge in [-0.15, -0.1) is 35.8 Å². The van der Waals surface area contributed by atoms with Gasteiger partial charge in [0.2, 0.25) is 0 Å². The molecule has 2 aromatic heterocycles. The molecule has 8 aromatic carbocycles. The third-order valence-corrected chi connectivity index (χ3v) is 12.3. The Bertz CT molecular complexity index is 2680. The second kappa shape index (κ2) is 13.6. The molecule has 0 spiro atoms. The molecule has 0 radical (unpaired) electrons. The Hall–Kier alpha value is -6.06. The number of fused-ring (bicyclic) bond motifs is 6. The zero-order valence-corrected chi connectivity index (χ0v) is 30.2. The Labute approximate surface area is 312 Å². The highest BCUT2D eigenvalue weighted by Gasteiger charge is 2.17. The number of thiophene rings is 2. The number of benzene rings is 8. The van der Waals surface area contributed by atoms with Gasteiger partial charge in [0, 0.05) is 40.3 Å². The predicted octanol–water partition coefficient (Wildman–Crippen LogP) is 15.6. The summed E-state index contributed by atoms with van der Waals surface area (Å²) in [4.78, 5) is 0. The number of hydrogen-bond donors (Lipinski definition) is 0. The topological polar surface area (TPSA) is 0 Å². The van der Waals surface area contributed by atoms with E-state index in [1.54, 1.807) is 0 Å². The highest BCUT2D eigenvalue weighted by atomic mass is 32.1. The summed E-state index contributed by atoms with van der Waals surface area (Å²) in [5.74, 6) is 0.